The molecule has 0 rings (SSSR count). The maximum absolute atomic E-state index is 11.5. The van der Waals surface area contributed by atoms with E-state index in [1.54, 1.807) is 11.8 Å². The van der Waals surface area contributed by atoms with Crippen LogP contribution in [0.1, 0.15) is 32.1 Å². The Morgan fingerprint density at radius 1 is 1.47 bits per heavy atom. The Labute approximate surface area is 105 Å². The van der Waals surface area contributed by atoms with Crippen molar-refractivity contribution in [3.05, 3.63) is 10.1 Å². The van der Waals surface area contributed by atoms with Crippen molar-refractivity contribution >= 4 is 17.5 Å². The highest BCUT2D eigenvalue weighted by Gasteiger charge is 2.11. The zero-order chi connectivity index (χ0) is 13.1. The van der Waals surface area contributed by atoms with E-state index < -0.39 is 5.09 Å². The minimum atomic E-state index is -0.802. The van der Waals surface area contributed by atoms with Crippen LogP contribution in [0.25, 0.3) is 0 Å². The monoisotopic (exact) mass is 264 g/mol. The number of thioether (sulfide) groups is 1. The molecule has 0 amide bonds. The van der Waals surface area contributed by atoms with Crippen molar-refractivity contribution in [3.8, 4) is 0 Å². The number of nitrogens with zero attached hydrogens (tertiary/aromatic N) is 1. The highest BCUT2D eigenvalue weighted by molar-refractivity contribution is 7.98. The van der Waals surface area contributed by atoms with E-state index >= 15 is 0 Å². The lowest BCUT2D eigenvalue weighted by Crippen LogP contribution is -2.30. The number of Topliss-reactive ketones (excluding diaryl/α,β-unsaturated/α-hetero) is 1. The van der Waals surface area contributed by atoms with E-state index in [9.17, 15) is 14.9 Å². The molecule has 1 atom stereocenters. The molecule has 2 N–H and O–H groups in total. The molecular weight excluding hydrogens is 244 g/mol. The summed E-state index contributed by atoms with van der Waals surface area (Å²) in [5.74, 6) is 0.970. The molecule has 0 radical (unpaired) electrons. The van der Waals surface area contributed by atoms with Gasteiger partial charge in [0.2, 0.25) is 0 Å². The number of nitrogens with two attached hydrogens (primary N) is 1. The fourth-order valence-corrected chi connectivity index (χ4v) is 1.80. The topological polar surface area (TPSA) is 95.5 Å². The Bertz CT molecular complexity index is 238. The van der Waals surface area contributed by atoms with Crippen molar-refractivity contribution in [1.29, 1.82) is 0 Å². The van der Waals surface area contributed by atoms with Gasteiger partial charge in [-0.3, -0.25) is 4.79 Å². The fourth-order valence-electron chi connectivity index (χ4n) is 1.31. The largest absolute Gasteiger partial charge is 0.321 e. The van der Waals surface area contributed by atoms with Gasteiger partial charge in [-0.05, 0) is 31.3 Å². The maximum atomic E-state index is 11.5. The Hall–Kier alpha value is -0.820. The van der Waals surface area contributed by atoms with Gasteiger partial charge in [0.1, 0.15) is 5.78 Å². The summed E-state index contributed by atoms with van der Waals surface area (Å²) in [5, 5.41) is 9.04. The van der Waals surface area contributed by atoms with Gasteiger partial charge in [0.25, 0.3) is 5.09 Å². The predicted octanol–water partition coefficient (Wildman–Crippen LogP) is 1.40. The second-order valence-corrected chi connectivity index (χ2v) is 4.71. The average molecular weight is 264 g/mol. The van der Waals surface area contributed by atoms with Crippen LogP contribution in [0.15, 0.2) is 0 Å². The van der Waals surface area contributed by atoms with E-state index in [0.717, 1.165) is 12.2 Å². The highest BCUT2D eigenvalue weighted by atomic mass is 32.2. The Morgan fingerprint density at radius 2 is 2.18 bits per heavy atom. The lowest BCUT2D eigenvalue weighted by atomic mass is 10.0. The zero-order valence-electron chi connectivity index (χ0n) is 10.1. The van der Waals surface area contributed by atoms with Gasteiger partial charge >= 0.3 is 0 Å². The van der Waals surface area contributed by atoms with E-state index in [-0.39, 0.29) is 18.4 Å². The van der Waals surface area contributed by atoms with Gasteiger partial charge in [-0.15, -0.1) is 10.1 Å². The number of ketones is 1. The fraction of sp³-hybridized carbons (Fsp3) is 0.900. The van der Waals surface area contributed by atoms with Crippen LogP contribution in [0.3, 0.4) is 0 Å². The minimum absolute atomic E-state index is 0.0780. The molecule has 0 saturated carbocycles. The summed E-state index contributed by atoms with van der Waals surface area (Å²) < 4.78 is 0. The second-order valence-electron chi connectivity index (χ2n) is 3.72. The number of hydrogen-bond donors (Lipinski definition) is 1. The highest BCUT2D eigenvalue weighted by Crippen LogP contribution is 2.06. The van der Waals surface area contributed by atoms with Gasteiger partial charge in [-0.2, -0.15) is 11.8 Å². The maximum Gasteiger partial charge on any atom is 0.294 e. The van der Waals surface area contributed by atoms with E-state index in [4.69, 9.17) is 5.73 Å². The van der Waals surface area contributed by atoms with Crippen LogP contribution in [0.2, 0.25) is 0 Å². The lowest BCUT2D eigenvalue weighted by Gasteiger charge is -2.09. The summed E-state index contributed by atoms with van der Waals surface area (Å²) >= 11 is 1.67. The van der Waals surface area contributed by atoms with Crippen molar-refractivity contribution in [2.45, 2.75) is 38.1 Å². The number of carbonyl (C=O) groups is 1. The first-order valence-corrected chi connectivity index (χ1v) is 7.02. The van der Waals surface area contributed by atoms with Crippen LogP contribution < -0.4 is 5.73 Å². The molecule has 0 aliphatic heterocycles. The van der Waals surface area contributed by atoms with E-state index in [0.29, 0.717) is 25.7 Å². The smallest absolute Gasteiger partial charge is 0.294 e. The van der Waals surface area contributed by atoms with Crippen LogP contribution in [0.4, 0.5) is 0 Å². The van der Waals surface area contributed by atoms with Gasteiger partial charge in [0, 0.05) is 6.42 Å². The number of rotatable bonds is 11. The van der Waals surface area contributed by atoms with Crippen molar-refractivity contribution < 1.29 is 14.7 Å². The predicted molar refractivity (Wildman–Crippen MR) is 67.4 cm³/mol. The molecule has 6 nitrogen and oxygen atoms in total. The molecule has 0 aliphatic carbocycles. The van der Waals surface area contributed by atoms with E-state index in [1.807, 2.05) is 6.26 Å². The molecule has 0 heterocycles. The summed E-state index contributed by atoms with van der Waals surface area (Å²) in [6.45, 7) is 0.0969. The Morgan fingerprint density at radius 3 is 2.76 bits per heavy atom. The minimum Gasteiger partial charge on any atom is -0.321 e. The van der Waals surface area contributed by atoms with Crippen LogP contribution in [-0.2, 0) is 9.63 Å². The van der Waals surface area contributed by atoms with E-state index in [2.05, 4.69) is 4.84 Å². The third-order valence-electron chi connectivity index (χ3n) is 2.31. The first-order valence-electron chi connectivity index (χ1n) is 5.62. The number of unbranched alkanes of at least 4 members (excludes halogenated alkanes) is 2. The van der Waals surface area contributed by atoms with Crippen LogP contribution in [0, 0.1) is 10.1 Å². The molecule has 0 aromatic rings. The van der Waals surface area contributed by atoms with Gasteiger partial charge in [0.05, 0.1) is 12.6 Å². The van der Waals surface area contributed by atoms with Crippen molar-refractivity contribution in [3.63, 3.8) is 0 Å². The first-order chi connectivity index (χ1) is 8.07. The Balaban J connectivity index is 3.41. The van der Waals surface area contributed by atoms with Crippen LogP contribution in [0.5, 0.6) is 0 Å². The molecule has 100 valence electrons. The van der Waals surface area contributed by atoms with Crippen molar-refractivity contribution in [1.82, 2.24) is 0 Å². The van der Waals surface area contributed by atoms with Crippen molar-refractivity contribution in [2.75, 3.05) is 18.6 Å². The average Bonchev–Trinajstić information content (AvgIpc) is 2.29. The number of hydrogen-bond acceptors (Lipinski definition) is 6. The molecule has 0 saturated heterocycles. The Kier molecular flexibility index (Phi) is 9.84. The van der Waals surface area contributed by atoms with Gasteiger partial charge in [-0.1, -0.05) is 6.42 Å². The molecule has 17 heavy (non-hydrogen) atoms. The SMILES string of the molecule is CSCCC(N)C(=O)CCCCCO[N+](=O)[O-]. The molecule has 0 spiro atoms. The van der Waals surface area contributed by atoms with Gasteiger partial charge < -0.3 is 10.6 Å². The van der Waals surface area contributed by atoms with Gasteiger partial charge in [0.15, 0.2) is 0 Å². The molecule has 1 unspecified atom stereocenters. The molecule has 0 aliphatic rings. The second kappa shape index (κ2) is 10.3. The molecule has 0 aromatic carbocycles. The molecule has 0 aromatic heterocycles. The molecular formula is C10H20N2O4S. The summed E-state index contributed by atoms with van der Waals surface area (Å²) in [4.78, 5) is 25.5. The standard InChI is InChI=1S/C10H20N2O4S/c1-17-8-6-9(11)10(13)5-3-2-4-7-16-12(14)15/h9H,2-8,11H2,1H3. The van der Waals surface area contributed by atoms with Crippen LogP contribution >= 0.6 is 11.8 Å². The lowest BCUT2D eigenvalue weighted by molar-refractivity contribution is -0.757. The van der Waals surface area contributed by atoms with Gasteiger partial charge in [-0.25, -0.2) is 0 Å². The summed E-state index contributed by atoms with van der Waals surface area (Å²) in [6, 6.07) is -0.363. The third-order valence-corrected chi connectivity index (χ3v) is 2.95. The summed E-state index contributed by atoms with van der Waals surface area (Å²) in [5.41, 5.74) is 5.71. The summed E-state index contributed by atoms with van der Waals surface area (Å²) in [6.07, 6.45) is 5.20. The van der Waals surface area contributed by atoms with Crippen LogP contribution in [-0.4, -0.2) is 35.5 Å². The molecule has 7 heteroatoms. The van der Waals surface area contributed by atoms with E-state index in [1.165, 1.54) is 0 Å². The molecule has 0 bridgehead atoms. The normalized spacial score (nSPS) is 12.1. The number of carbonyl (C=O) groups excluding carboxylic acids is 1. The molecule has 0 fully saturated rings. The quantitative estimate of drug-likeness (QED) is 0.344. The van der Waals surface area contributed by atoms with Crippen molar-refractivity contribution in [2.24, 2.45) is 5.73 Å². The first kappa shape index (κ1) is 16.2. The summed E-state index contributed by atoms with van der Waals surface area (Å²) in [7, 11) is 0. The zero-order valence-corrected chi connectivity index (χ0v) is 10.9. The third kappa shape index (κ3) is 10.1.